The van der Waals surface area contributed by atoms with Crippen LogP contribution < -0.4 is 0 Å². The first-order valence-corrected chi connectivity index (χ1v) is 5.14. The van der Waals surface area contributed by atoms with Crippen molar-refractivity contribution in [2.75, 3.05) is 5.75 Å². The Balaban J connectivity index is 2.93. The Kier molecular flexibility index (Phi) is 4.47. The zero-order chi connectivity index (χ0) is 11.3. The van der Waals surface area contributed by atoms with E-state index in [1.807, 2.05) is 0 Å². The second kappa shape index (κ2) is 5.64. The Morgan fingerprint density at radius 1 is 1.67 bits per heavy atom. The average Bonchev–Trinajstić information content (AvgIpc) is 2.17. The van der Waals surface area contributed by atoms with Gasteiger partial charge in [0.2, 0.25) is 0 Å². The van der Waals surface area contributed by atoms with E-state index in [9.17, 15) is 4.79 Å². The van der Waals surface area contributed by atoms with Crippen LogP contribution >= 0.6 is 24.2 Å². The van der Waals surface area contributed by atoms with Crippen molar-refractivity contribution >= 4 is 30.2 Å². The number of carbonyl (C=O) groups is 1. The Labute approximate surface area is 97.9 Å². The van der Waals surface area contributed by atoms with Crippen molar-refractivity contribution in [3.8, 4) is 11.8 Å². The SMILES string of the molecule is O=C(O)c1ncc(C#CCCS)cc1Cl. The van der Waals surface area contributed by atoms with Crippen molar-refractivity contribution in [2.24, 2.45) is 0 Å². The first-order chi connectivity index (χ1) is 7.15. The second-order valence-electron chi connectivity index (χ2n) is 2.63. The molecular weight excluding hydrogens is 234 g/mol. The van der Waals surface area contributed by atoms with Gasteiger partial charge in [-0.1, -0.05) is 23.4 Å². The van der Waals surface area contributed by atoms with E-state index < -0.39 is 5.97 Å². The van der Waals surface area contributed by atoms with Gasteiger partial charge in [0.25, 0.3) is 0 Å². The molecule has 15 heavy (non-hydrogen) atoms. The third-order valence-electron chi connectivity index (χ3n) is 1.51. The molecule has 0 bridgehead atoms. The molecule has 0 amide bonds. The van der Waals surface area contributed by atoms with Crippen LogP contribution in [0.2, 0.25) is 5.02 Å². The topological polar surface area (TPSA) is 50.2 Å². The van der Waals surface area contributed by atoms with Crippen LogP contribution in [0.5, 0.6) is 0 Å². The largest absolute Gasteiger partial charge is 0.476 e. The normalized spacial score (nSPS) is 9.20. The first kappa shape index (κ1) is 11.9. The summed E-state index contributed by atoms with van der Waals surface area (Å²) in [6.45, 7) is 0. The van der Waals surface area contributed by atoms with Gasteiger partial charge in [-0.2, -0.15) is 12.6 Å². The van der Waals surface area contributed by atoms with E-state index in [0.717, 1.165) is 0 Å². The highest BCUT2D eigenvalue weighted by atomic mass is 35.5. The minimum Gasteiger partial charge on any atom is -0.476 e. The summed E-state index contributed by atoms with van der Waals surface area (Å²) in [4.78, 5) is 14.3. The van der Waals surface area contributed by atoms with Crippen molar-refractivity contribution in [3.05, 3.63) is 28.5 Å². The summed E-state index contributed by atoms with van der Waals surface area (Å²) in [6, 6.07) is 1.49. The number of carboxylic acids is 1. The van der Waals surface area contributed by atoms with Crippen molar-refractivity contribution in [2.45, 2.75) is 6.42 Å². The monoisotopic (exact) mass is 241 g/mol. The van der Waals surface area contributed by atoms with Crippen molar-refractivity contribution in [1.29, 1.82) is 0 Å². The summed E-state index contributed by atoms with van der Waals surface area (Å²) in [6.07, 6.45) is 2.06. The van der Waals surface area contributed by atoms with Crippen molar-refractivity contribution < 1.29 is 9.90 Å². The van der Waals surface area contributed by atoms with Gasteiger partial charge in [-0.25, -0.2) is 9.78 Å². The van der Waals surface area contributed by atoms with Crippen LogP contribution in [0.25, 0.3) is 0 Å². The number of aromatic nitrogens is 1. The minimum absolute atomic E-state index is 0.0974. The number of rotatable bonds is 2. The molecule has 1 rings (SSSR count). The number of halogens is 1. The number of hydrogen-bond donors (Lipinski definition) is 2. The van der Waals surface area contributed by atoms with Crippen LogP contribution in [0, 0.1) is 11.8 Å². The number of nitrogens with zero attached hydrogens (tertiary/aromatic N) is 1. The smallest absolute Gasteiger partial charge is 0.356 e. The highest BCUT2D eigenvalue weighted by Gasteiger charge is 2.09. The van der Waals surface area contributed by atoms with E-state index in [2.05, 4.69) is 29.5 Å². The molecule has 3 nitrogen and oxygen atoms in total. The van der Waals surface area contributed by atoms with Crippen LogP contribution in [0.4, 0.5) is 0 Å². The maximum Gasteiger partial charge on any atom is 0.356 e. The van der Waals surface area contributed by atoms with Gasteiger partial charge in [-0.15, -0.1) is 0 Å². The lowest BCUT2D eigenvalue weighted by atomic mass is 10.2. The van der Waals surface area contributed by atoms with Gasteiger partial charge in [0.15, 0.2) is 5.69 Å². The molecular formula is C10H8ClNO2S. The number of thiol groups is 1. The number of aromatic carboxylic acids is 1. The Morgan fingerprint density at radius 2 is 2.40 bits per heavy atom. The molecule has 5 heteroatoms. The minimum atomic E-state index is -1.14. The van der Waals surface area contributed by atoms with Gasteiger partial charge in [0.05, 0.1) is 5.02 Å². The maximum absolute atomic E-state index is 10.6. The lowest BCUT2D eigenvalue weighted by molar-refractivity contribution is 0.0690. The average molecular weight is 242 g/mol. The zero-order valence-corrected chi connectivity index (χ0v) is 9.35. The quantitative estimate of drug-likeness (QED) is 0.616. The lowest BCUT2D eigenvalue weighted by Crippen LogP contribution is -2.01. The summed E-state index contributed by atoms with van der Waals surface area (Å²) >= 11 is 9.72. The number of carboxylic acid groups (broad SMARTS) is 1. The molecule has 78 valence electrons. The molecule has 0 radical (unpaired) electrons. The van der Waals surface area contributed by atoms with E-state index in [-0.39, 0.29) is 10.7 Å². The molecule has 1 N–H and O–H groups in total. The highest BCUT2D eigenvalue weighted by Crippen LogP contribution is 2.14. The van der Waals surface area contributed by atoms with Gasteiger partial charge in [-0.05, 0) is 6.07 Å². The fourth-order valence-electron chi connectivity index (χ4n) is 0.884. The van der Waals surface area contributed by atoms with Crippen LogP contribution in [0.1, 0.15) is 22.5 Å². The summed E-state index contributed by atoms with van der Waals surface area (Å²) in [7, 11) is 0. The fraction of sp³-hybridized carbons (Fsp3) is 0.200. The Hall–Kier alpha value is -1.18. The summed E-state index contributed by atoms with van der Waals surface area (Å²) in [5.41, 5.74) is 0.447. The zero-order valence-electron chi connectivity index (χ0n) is 7.70. The summed E-state index contributed by atoms with van der Waals surface area (Å²) in [5.74, 6) is 5.21. The van der Waals surface area contributed by atoms with Crippen molar-refractivity contribution in [1.82, 2.24) is 4.98 Å². The maximum atomic E-state index is 10.6. The van der Waals surface area contributed by atoms with Crippen LogP contribution in [0.15, 0.2) is 12.3 Å². The van der Waals surface area contributed by atoms with E-state index in [1.165, 1.54) is 12.3 Å². The van der Waals surface area contributed by atoms with Crippen LogP contribution in [0.3, 0.4) is 0 Å². The van der Waals surface area contributed by atoms with Gasteiger partial charge < -0.3 is 5.11 Å². The van der Waals surface area contributed by atoms with Crippen LogP contribution in [-0.4, -0.2) is 21.8 Å². The molecule has 0 aromatic carbocycles. The van der Waals surface area contributed by atoms with E-state index in [4.69, 9.17) is 16.7 Å². The molecule has 0 saturated carbocycles. The van der Waals surface area contributed by atoms with E-state index in [0.29, 0.717) is 17.7 Å². The molecule has 0 unspecified atom stereocenters. The third-order valence-corrected chi connectivity index (χ3v) is 2.03. The number of pyridine rings is 1. The molecule has 1 aromatic rings. The molecule has 0 spiro atoms. The Bertz CT molecular complexity index is 437. The molecule has 0 atom stereocenters. The standard InChI is InChI=1S/C10H8ClNO2S/c11-8-5-7(3-1-2-4-15)6-12-9(8)10(13)14/h5-6,15H,2,4H2,(H,13,14). The molecule has 0 aliphatic heterocycles. The van der Waals surface area contributed by atoms with Gasteiger partial charge >= 0.3 is 5.97 Å². The molecule has 1 heterocycles. The van der Waals surface area contributed by atoms with Gasteiger partial charge in [0.1, 0.15) is 0 Å². The third kappa shape index (κ3) is 3.46. The van der Waals surface area contributed by atoms with Crippen LogP contribution in [-0.2, 0) is 0 Å². The fourth-order valence-corrected chi connectivity index (χ4v) is 1.24. The second-order valence-corrected chi connectivity index (χ2v) is 3.49. The first-order valence-electron chi connectivity index (χ1n) is 4.13. The molecule has 0 aliphatic carbocycles. The Morgan fingerprint density at radius 3 is 2.93 bits per heavy atom. The molecule has 1 aromatic heterocycles. The molecule has 0 fully saturated rings. The predicted octanol–water partition coefficient (Wildman–Crippen LogP) is 2.10. The van der Waals surface area contributed by atoms with E-state index in [1.54, 1.807) is 0 Å². The summed E-state index contributed by atoms with van der Waals surface area (Å²) < 4.78 is 0. The lowest BCUT2D eigenvalue weighted by Gasteiger charge is -1.97. The highest BCUT2D eigenvalue weighted by molar-refractivity contribution is 7.80. The molecule has 0 aliphatic rings. The molecule has 0 saturated heterocycles. The van der Waals surface area contributed by atoms with Gasteiger partial charge in [0, 0.05) is 23.9 Å². The number of hydrogen-bond acceptors (Lipinski definition) is 3. The van der Waals surface area contributed by atoms with E-state index >= 15 is 0 Å². The van der Waals surface area contributed by atoms with Crippen molar-refractivity contribution in [3.63, 3.8) is 0 Å². The van der Waals surface area contributed by atoms with Gasteiger partial charge in [-0.3, -0.25) is 0 Å². The summed E-state index contributed by atoms with van der Waals surface area (Å²) in [5, 5.41) is 8.77. The predicted molar refractivity (Wildman–Crippen MR) is 61.6 cm³/mol.